The average molecular weight is 237 g/mol. The molecule has 1 aromatic rings. The van der Waals surface area contributed by atoms with Crippen LogP contribution in [0.2, 0.25) is 0 Å². The third-order valence-electron chi connectivity index (χ3n) is 2.89. The summed E-state index contributed by atoms with van der Waals surface area (Å²) < 4.78 is 0. The van der Waals surface area contributed by atoms with E-state index in [4.69, 9.17) is 5.11 Å². The van der Waals surface area contributed by atoms with Gasteiger partial charge in [-0.25, -0.2) is 0 Å². The first-order chi connectivity index (χ1) is 8.22. The summed E-state index contributed by atoms with van der Waals surface area (Å²) in [5.74, 6) is 0. The predicted octanol–water partition coefficient (Wildman–Crippen LogP) is 2.34. The van der Waals surface area contributed by atoms with Crippen molar-refractivity contribution in [1.82, 2.24) is 0 Å². The maximum atomic E-state index is 9.71. The molecule has 2 N–H and O–H groups in total. The lowest BCUT2D eigenvalue weighted by molar-refractivity contribution is 0.173. The van der Waals surface area contributed by atoms with Gasteiger partial charge in [-0.3, -0.25) is 0 Å². The van der Waals surface area contributed by atoms with Crippen LogP contribution >= 0.6 is 0 Å². The normalized spacial score (nSPS) is 12.5. The average Bonchev–Trinajstić information content (AvgIpc) is 2.38. The van der Waals surface area contributed by atoms with Crippen LogP contribution in [0.5, 0.6) is 0 Å². The highest BCUT2D eigenvalue weighted by Crippen LogP contribution is 2.21. The molecule has 1 aromatic carbocycles. The van der Waals surface area contributed by atoms with Crippen molar-refractivity contribution in [2.45, 2.75) is 32.8 Å². The van der Waals surface area contributed by atoms with E-state index in [0.717, 1.165) is 30.6 Å². The lowest BCUT2D eigenvalue weighted by Crippen LogP contribution is -2.27. The van der Waals surface area contributed by atoms with Crippen molar-refractivity contribution in [3.63, 3.8) is 0 Å². The summed E-state index contributed by atoms with van der Waals surface area (Å²) in [6, 6.07) is 7.95. The van der Waals surface area contributed by atoms with Crippen LogP contribution < -0.4 is 4.90 Å². The number of hydrogen-bond acceptors (Lipinski definition) is 3. The van der Waals surface area contributed by atoms with Crippen LogP contribution in [0.3, 0.4) is 0 Å². The van der Waals surface area contributed by atoms with E-state index in [1.807, 2.05) is 31.2 Å². The van der Waals surface area contributed by atoms with Gasteiger partial charge in [-0.2, -0.15) is 0 Å². The van der Waals surface area contributed by atoms with E-state index in [1.165, 1.54) is 0 Å². The largest absolute Gasteiger partial charge is 0.395 e. The van der Waals surface area contributed by atoms with Crippen LogP contribution in [0.25, 0.3) is 0 Å². The molecule has 1 atom stereocenters. The highest BCUT2D eigenvalue weighted by atomic mass is 16.3. The highest BCUT2D eigenvalue weighted by Gasteiger charge is 2.07. The van der Waals surface area contributed by atoms with Crippen LogP contribution in [0.4, 0.5) is 5.69 Å². The van der Waals surface area contributed by atoms with Crippen molar-refractivity contribution < 1.29 is 10.2 Å². The Kier molecular flexibility index (Phi) is 6.01. The third kappa shape index (κ3) is 4.02. The molecular weight excluding hydrogens is 214 g/mol. The SMILES string of the molecule is CCCN(CCO)c1ccc([C@@H](O)CC)cc1. The smallest absolute Gasteiger partial charge is 0.0787 e. The molecule has 0 amide bonds. The Morgan fingerprint density at radius 3 is 2.24 bits per heavy atom. The molecule has 0 aliphatic carbocycles. The molecule has 0 radical (unpaired) electrons. The van der Waals surface area contributed by atoms with Crippen LogP contribution in [-0.4, -0.2) is 29.9 Å². The van der Waals surface area contributed by atoms with Crippen molar-refractivity contribution in [3.8, 4) is 0 Å². The van der Waals surface area contributed by atoms with Crippen LogP contribution in [0, 0.1) is 0 Å². The number of anilines is 1. The van der Waals surface area contributed by atoms with Gasteiger partial charge < -0.3 is 15.1 Å². The second kappa shape index (κ2) is 7.30. The van der Waals surface area contributed by atoms with Gasteiger partial charge in [0.05, 0.1) is 12.7 Å². The lowest BCUT2D eigenvalue weighted by Gasteiger charge is -2.23. The summed E-state index contributed by atoms with van der Waals surface area (Å²) in [5, 5.41) is 18.7. The highest BCUT2D eigenvalue weighted by molar-refractivity contribution is 5.47. The number of aliphatic hydroxyl groups is 2. The van der Waals surface area contributed by atoms with Gasteiger partial charge in [0, 0.05) is 18.8 Å². The third-order valence-corrected chi connectivity index (χ3v) is 2.89. The summed E-state index contributed by atoms with van der Waals surface area (Å²) in [6.45, 7) is 5.85. The Labute approximate surface area is 104 Å². The predicted molar refractivity (Wildman–Crippen MR) is 71.3 cm³/mol. The topological polar surface area (TPSA) is 43.7 Å². The number of nitrogens with zero attached hydrogens (tertiary/aromatic N) is 1. The minimum absolute atomic E-state index is 0.166. The van der Waals surface area contributed by atoms with E-state index in [0.29, 0.717) is 6.54 Å². The Morgan fingerprint density at radius 1 is 1.12 bits per heavy atom. The fourth-order valence-corrected chi connectivity index (χ4v) is 1.90. The molecule has 0 aliphatic heterocycles. The minimum atomic E-state index is -0.374. The summed E-state index contributed by atoms with van der Waals surface area (Å²) >= 11 is 0. The molecule has 0 saturated carbocycles. The van der Waals surface area contributed by atoms with Gasteiger partial charge in [-0.05, 0) is 30.5 Å². The maximum absolute atomic E-state index is 9.71. The molecular formula is C14H23NO2. The van der Waals surface area contributed by atoms with Crippen molar-refractivity contribution in [2.24, 2.45) is 0 Å². The zero-order valence-electron chi connectivity index (χ0n) is 10.8. The van der Waals surface area contributed by atoms with Crippen LogP contribution in [0.1, 0.15) is 38.4 Å². The van der Waals surface area contributed by atoms with E-state index in [2.05, 4.69) is 11.8 Å². The monoisotopic (exact) mass is 237 g/mol. The molecule has 0 heterocycles. The number of benzene rings is 1. The number of aliphatic hydroxyl groups excluding tert-OH is 2. The summed E-state index contributed by atoms with van der Waals surface area (Å²) in [5.41, 5.74) is 2.06. The van der Waals surface area contributed by atoms with Gasteiger partial charge in [0.1, 0.15) is 0 Å². The van der Waals surface area contributed by atoms with Crippen molar-refractivity contribution in [1.29, 1.82) is 0 Å². The van der Waals surface area contributed by atoms with Crippen molar-refractivity contribution in [2.75, 3.05) is 24.6 Å². The van der Waals surface area contributed by atoms with Crippen molar-refractivity contribution in [3.05, 3.63) is 29.8 Å². The maximum Gasteiger partial charge on any atom is 0.0787 e. The van der Waals surface area contributed by atoms with Gasteiger partial charge in [0.2, 0.25) is 0 Å². The molecule has 17 heavy (non-hydrogen) atoms. The molecule has 0 aromatic heterocycles. The van der Waals surface area contributed by atoms with Gasteiger partial charge >= 0.3 is 0 Å². The second-order valence-corrected chi connectivity index (χ2v) is 4.23. The van der Waals surface area contributed by atoms with Gasteiger partial charge in [-0.15, -0.1) is 0 Å². The summed E-state index contributed by atoms with van der Waals surface area (Å²) in [7, 11) is 0. The quantitative estimate of drug-likeness (QED) is 0.765. The number of hydrogen-bond donors (Lipinski definition) is 2. The van der Waals surface area contributed by atoms with Gasteiger partial charge in [0.25, 0.3) is 0 Å². The molecule has 0 bridgehead atoms. The van der Waals surface area contributed by atoms with Crippen LogP contribution in [-0.2, 0) is 0 Å². The Hall–Kier alpha value is -1.06. The molecule has 96 valence electrons. The van der Waals surface area contributed by atoms with Gasteiger partial charge in [-0.1, -0.05) is 26.0 Å². The zero-order chi connectivity index (χ0) is 12.7. The summed E-state index contributed by atoms with van der Waals surface area (Å²) in [6.07, 6.45) is 1.41. The zero-order valence-corrected chi connectivity index (χ0v) is 10.8. The molecule has 3 nitrogen and oxygen atoms in total. The first kappa shape index (κ1) is 14.0. The van der Waals surface area contributed by atoms with Crippen LogP contribution in [0.15, 0.2) is 24.3 Å². The van der Waals surface area contributed by atoms with E-state index in [9.17, 15) is 5.11 Å². The molecule has 0 fully saturated rings. The molecule has 3 heteroatoms. The first-order valence-corrected chi connectivity index (χ1v) is 6.36. The second-order valence-electron chi connectivity index (χ2n) is 4.23. The minimum Gasteiger partial charge on any atom is -0.395 e. The fraction of sp³-hybridized carbons (Fsp3) is 0.571. The number of rotatable bonds is 7. The molecule has 0 aliphatic rings. The standard InChI is InChI=1S/C14H23NO2/c1-3-9-15(10-11-16)13-7-5-12(6-8-13)14(17)4-2/h5-8,14,16-17H,3-4,9-11H2,1-2H3/t14-/m0/s1. The Morgan fingerprint density at radius 2 is 1.76 bits per heavy atom. The molecule has 0 unspecified atom stereocenters. The lowest BCUT2D eigenvalue weighted by atomic mass is 10.1. The van der Waals surface area contributed by atoms with E-state index in [1.54, 1.807) is 0 Å². The molecule has 1 rings (SSSR count). The summed E-state index contributed by atoms with van der Waals surface area (Å²) in [4.78, 5) is 2.15. The van der Waals surface area contributed by atoms with Gasteiger partial charge in [0.15, 0.2) is 0 Å². The van der Waals surface area contributed by atoms with E-state index < -0.39 is 0 Å². The Bertz CT molecular complexity index is 305. The molecule has 0 spiro atoms. The Balaban J connectivity index is 2.76. The van der Waals surface area contributed by atoms with Crippen molar-refractivity contribution >= 4 is 5.69 Å². The molecule has 0 saturated heterocycles. The van der Waals surface area contributed by atoms with E-state index in [-0.39, 0.29) is 12.7 Å². The van der Waals surface area contributed by atoms with E-state index >= 15 is 0 Å². The first-order valence-electron chi connectivity index (χ1n) is 6.36. The fourth-order valence-electron chi connectivity index (χ4n) is 1.90.